The Balaban J connectivity index is 1.33. The summed E-state index contributed by atoms with van der Waals surface area (Å²) in [7, 11) is -2.80. The highest BCUT2D eigenvalue weighted by molar-refractivity contribution is 7.92. The van der Waals surface area contributed by atoms with Gasteiger partial charge in [-0.05, 0) is 97.6 Å². The van der Waals surface area contributed by atoms with Crippen LogP contribution < -0.4 is 15.2 Å². The molecule has 2 aliphatic rings. The van der Waals surface area contributed by atoms with Crippen molar-refractivity contribution < 1.29 is 37.4 Å². The number of carbonyl (C=O) groups excluding carboxylic acids is 2. The highest BCUT2D eigenvalue weighted by Gasteiger charge is 2.30. The first-order valence-corrected chi connectivity index (χ1v) is 18.6. The number of nitrogens with one attached hydrogen (secondary N) is 1. The Morgan fingerprint density at radius 1 is 1.16 bits per heavy atom. The molecule has 14 heteroatoms. The summed E-state index contributed by atoms with van der Waals surface area (Å²) in [4.78, 5) is 43.6. The van der Waals surface area contributed by atoms with Gasteiger partial charge < -0.3 is 20.3 Å². The Bertz CT molecular complexity index is 1830. The Morgan fingerprint density at radius 3 is 2.65 bits per heavy atom. The van der Waals surface area contributed by atoms with E-state index >= 15 is 0 Å². The predicted molar refractivity (Wildman–Crippen MR) is 188 cm³/mol. The molecular weight excluding hydrogens is 669 g/mol. The van der Waals surface area contributed by atoms with Gasteiger partial charge in [0.1, 0.15) is 10.6 Å². The van der Waals surface area contributed by atoms with E-state index in [1.54, 1.807) is 18.4 Å². The minimum atomic E-state index is -4.22. The molecule has 0 saturated carbocycles. The number of nitrogens with zero attached hydrogens (tertiary/aromatic N) is 2. The van der Waals surface area contributed by atoms with Gasteiger partial charge in [-0.3, -0.25) is 29.0 Å². The number of anilines is 1. The van der Waals surface area contributed by atoms with Crippen molar-refractivity contribution in [1.82, 2.24) is 4.90 Å². The number of likely N-dealkylation sites (tertiary alicyclic amines) is 1. The van der Waals surface area contributed by atoms with Crippen molar-refractivity contribution in [2.24, 2.45) is 22.6 Å². The number of aliphatic carboxylic acids is 1. The molecule has 3 aromatic rings. The summed E-state index contributed by atoms with van der Waals surface area (Å²) in [6.45, 7) is 4.61. The van der Waals surface area contributed by atoms with Gasteiger partial charge >= 0.3 is 11.9 Å². The second-order valence-corrected chi connectivity index (χ2v) is 15.0. The van der Waals surface area contributed by atoms with E-state index in [9.17, 15) is 27.9 Å². The zero-order valence-electron chi connectivity index (χ0n) is 27.6. The number of esters is 1. The monoisotopic (exact) mass is 710 g/mol. The van der Waals surface area contributed by atoms with Crippen LogP contribution in [0.5, 0.6) is 5.75 Å². The van der Waals surface area contributed by atoms with Crippen molar-refractivity contribution in [2.45, 2.75) is 56.9 Å². The van der Waals surface area contributed by atoms with E-state index in [1.807, 2.05) is 30.3 Å². The van der Waals surface area contributed by atoms with Crippen molar-refractivity contribution in [2.75, 3.05) is 38.1 Å². The number of hydrogen-bond acceptors (Lipinski definition) is 10. The first-order chi connectivity index (χ1) is 23.4. The molecule has 0 unspecified atom stereocenters. The average molecular weight is 711 g/mol. The molecule has 1 aromatic heterocycles. The molecule has 0 spiro atoms. The lowest BCUT2D eigenvalue weighted by Gasteiger charge is -2.30. The molecule has 1 atom stereocenters. The van der Waals surface area contributed by atoms with Gasteiger partial charge in [-0.1, -0.05) is 18.2 Å². The fraction of sp³-hybridized carbons (Fsp3) is 0.429. The minimum absolute atomic E-state index is 0.0310. The van der Waals surface area contributed by atoms with E-state index in [4.69, 9.17) is 15.2 Å². The Morgan fingerprint density at radius 2 is 1.94 bits per heavy atom. The number of fused-ring (bicyclic) bond motifs is 1. The number of nitrogens with two attached hydrogens (primary N) is 1. The van der Waals surface area contributed by atoms with Crippen LogP contribution in [0.25, 0.3) is 11.1 Å². The van der Waals surface area contributed by atoms with Gasteiger partial charge in [0.15, 0.2) is 5.78 Å². The molecule has 0 radical (unpaired) electrons. The van der Waals surface area contributed by atoms with Gasteiger partial charge in [-0.15, -0.1) is 11.3 Å². The zero-order chi connectivity index (χ0) is 35.1. The van der Waals surface area contributed by atoms with Gasteiger partial charge in [0.25, 0.3) is 10.0 Å². The summed E-state index contributed by atoms with van der Waals surface area (Å²) in [5, 5.41) is 11.3. The molecule has 2 aromatic carbocycles. The van der Waals surface area contributed by atoms with Crippen LogP contribution in [0.15, 0.2) is 57.7 Å². The molecular formula is C35H42N4O8S2. The SMILES string of the molecule is COC(=O)C1CCN(Cc2cccc(-c3cc4c(c(S(=O)(=O)Nc5ccsc5C(=O)C[C@@H](CCCN=C(C)N)C(=O)O)c3)OCC4)c2)CC1. The van der Waals surface area contributed by atoms with Crippen molar-refractivity contribution in [3.8, 4) is 16.9 Å². The number of benzene rings is 2. The standard InChI is InChI=1S/C35H42N4O8S2/c1-22(36)37-12-4-7-27(34(41)42)19-30(40)33-29(11-16-48-33)38-49(44,45)31-20-28(18-26-10-15-47-32(26)31)25-6-3-5-23(17-25)21-39-13-8-24(9-14-39)35(43)46-2/h3,5-6,11,16-18,20,24,27,38H,4,7-10,12-15,19,21H2,1-2H3,(H2,36,37)(H,41,42)/t27-/m1/s1. The molecule has 5 rings (SSSR count). The fourth-order valence-corrected chi connectivity index (χ4v) is 8.42. The number of carbonyl (C=O) groups is 3. The molecule has 0 amide bonds. The Hall–Kier alpha value is -4.27. The lowest BCUT2D eigenvalue weighted by molar-refractivity contribution is -0.147. The molecule has 262 valence electrons. The molecule has 3 heterocycles. The van der Waals surface area contributed by atoms with Crippen molar-refractivity contribution in [3.63, 3.8) is 0 Å². The molecule has 4 N–H and O–H groups in total. The Labute approximate surface area is 290 Å². The third kappa shape index (κ3) is 9.05. The number of carboxylic acid groups (broad SMARTS) is 1. The van der Waals surface area contributed by atoms with E-state index in [-0.39, 0.29) is 45.9 Å². The highest BCUT2D eigenvalue weighted by Crippen LogP contribution is 2.39. The van der Waals surface area contributed by atoms with Crippen LogP contribution >= 0.6 is 11.3 Å². The lowest BCUT2D eigenvalue weighted by Crippen LogP contribution is -2.36. The van der Waals surface area contributed by atoms with E-state index in [1.165, 1.54) is 13.2 Å². The number of piperidine rings is 1. The topological polar surface area (TPSA) is 178 Å². The van der Waals surface area contributed by atoms with Crippen LogP contribution in [0, 0.1) is 11.8 Å². The molecule has 49 heavy (non-hydrogen) atoms. The van der Waals surface area contributed by atoms with E-state index in [0.717, 1.165) is 59.5 Å². The van der Waals surface area contributed by atoms with Crippen LogP contribution in [0.3, 0.4) is 0 Å². The number of Topliss-reactive ketones (excluding diaryl/α,β-unsaturated/α-hetero) is 1. The molecule has 1 saturated heterocycles. The number of ether oxygens (including phenoxy) is 2. The minimum Gasteiger partial charge on any atom is -0.492 e. The maximum absolute atomic E-state index is 13.9. The largest absolute Gasteiger partial charge is 0.492 e. The number of aliphatic imine (C=N–C) groups is 1. The third-order valence-corrected chi connectivity index (χ3v) is 11.2. The van der Waals surface area contributed by atoms with Crippen molar-refractivity contribution in [3.05, 3.63) is 63.8 Å². The van der Waals surface area contributed by atoms with Crippen LogP contribution in [-0.4, -0.2) is 75.3 Å². The number of sulfonamides is 1. The van der Waals surface area contributed by atoms with Crippen LogP contribution in [0.4, 0.5) is 5.69 Å². The maximum Gasteiger partial charge on any atom is 0.308 e. The van der Waals surface area contributed by atoms with Gasteiger partial charge in [0.05, 0.1) is 42.0 Å². The summed E-state index contributed by atoms with van der Waals surface area (Å²) < 4.78 is 41.2. The highest BCUT2D eigenvalue weighted by atomic mass is 32.2. The molecule has 0 aliphatic carbocycles. The van der Waals surface area contributed by atoms with Gasteiger partial charge in [-0.2, -0.15) is 0 Å². The molecule has 12 nitrogen and oxygen atoms in total. The number of thiophene rings is 1. The fourth-order valence-electron chi connectivity index (χ4n) is 6.27. The van der Waals surface area contributed by atoms with Gasteiger partial charge in [0.2, 0.25) is 0 Å². The predicted octanol–water partition coefficient (Wildman–Crippen LogP) is 4.97. The van der Waals surface area contributed by atoms with Crippen molar-refractivity contribution in [1.29, 1.82) is 0 Å². The van der Waals surface area contributed by atoms with Crippen LogP contribution in [0.2, 0.25) is 0 Å². The number of hydrogen-bond donors (Lipinski definition) is 3. The lowest BCUT2D eigenvalue weighted by atomic mass is 9.96. The van der Waals surface area contributed by atoms with Crippen LogP contribution in [0.1, 0.15) is 59.8 Å². The summed E-state index contributed by atoms with van der Waals surface area (Å²) in [6, 6.07) is 13.0. The second-order valence-electron chi connectivity index (χ2n) is 12.4. The summed E-state index contributed by atoms with van der Waals surface area (Å²) in [5.74, 6) is -2.05. The number of methoxy groups -OCH3 is 1. The number of rotatable bonds is 15. The quantitative estimate of drug-likeness (QED) is 0.0642. The average Bonchev–Trinajstić information content (AvgIpc) is 3.75. The van der Waals surface area contributed by atoms with E-state index < -0.39 is 27.7 Å². The summed E-state index contributed by atoms with van der Waals surface area (Å²) in [6.07, 6.45) is 2.44. The number of amidine groups is 1. The molecule has 2 aliphatic heterocycles. The van der Waals surface area contributed by atoms with E-state index in [2.05, 4.69) is 14.6 Å². The Kier molecular flexibility index (Phi) is 11.7. The van der Waals surface area contributed by atoms with Crippen molar-refractivity contribution >= 4 is 50.6 Å². The van der Waals surface area contributed by atoms with Gasteiger partial charge in [-0.25, -0.2) is 8.42 Å². The first kappa shape index (κ1) is 36.0. The number of ketones is 1. The zero-order valence-corrected chi connectivity index (χ0v) is 29.3. The second kappa shape index (κ2) is 16.0. The summed E-state index contributed by atoms with van der Waals surface area (Å²) >= 11 is 1.06. The first-order valence-electron chi connectivity index (χ1n) is 16.3. The normalized spacial score (nSPS) is 16.1. The molecule has 1 fully saturated rings. The van der Waals surface area contributed by atoms with E-state index in [0.29, 0.717) is 38.4 Å². The number of carboxylic acids is 1. The maximum atomic E-state index is 13.9. The van der Waals surface area contributed by atoms with Gasteiger partial charge in [0, 0.05) is 25.9 Å². The third-order valence-electron chi connectivity index (χ3n) is 8.84. The summed E-state index contributed by atoms with van der Waals surface area (Å²) in [5.41, 5.74) is 9.05. The molecule has 0 bridgehead atoms. The smallest absolute Gasteiger partial charge is 0.308 e. The van der Waals surface area contributed by atoms with Crippen LogP contribution in [-0.2, 0) is 37.3 Å².